The van der Waals surface area contributed by atoms with Crippen molar-refractivity contribution in [3.63, 3.8) is 0 Å². The van der Waals surface area contributed by atoms with Gasteiger partial charge in [0.2, 0.25) is 0 Å². The van der Waals surface area contributed by atoms with E-state index in [1.54, 1.807) is 49.3 Å². The van der Waals surface area contributed by atoms with Crippen LogP contribution in [0, 0.1) is 5.92 Å². The Morgan fingerprint density at radius 2 is 2.10 bits per heavy atom. The molecule has 2 aromatic rings. The van der Waals surface area contributed by atoms with Crippen LogP contribution in [-0.2, 0) is 4.79 Å². The fourth-order valence-corrected chi connectivity index (χ4v) is 1.70. The van der Waals surface area contributed by atoms with Crippen LogP contribution in [0.5, 0.6) is 0 Å². The summed E-state index contributed by atoms with van der Waals surface area (Å²) in [5.74, 6) is -1.31. The topological polar surface area (TPSA) is 97.1 Å². The normalized spacial score (nSPS) is 13.4. The number of nitrogens with zero attached hydrogens (tertiary/aromatic N) is 3. The lowest BCUT2D eigenvalue weighted by molar-refractivity contribution is -0.141. The molecule has 0 fully saturated rings. The summed E-state index contributed by atoms with van der Waals surface area (Å²) in [7, 11) is 0. The summed E-state index contributed by atoms with van der Waals surface area (Å²) >= 11 is 0. The first-order valence-electron chi connectivity index (χ1n) is 6.47. The minimum absolute atomic E-state index is 0.347. The van der Waals surface area contributed by atoms with Gasteiger partial charge < -0.3 is 10.4 Å². The second kappa shape index (κ2) is 6.17. The Balaban J connectivity index is 2.05. The molecular formula is C14H16N4O3. The van der Waals surface area contributed by atoms with E-state index in [0.717, 1.165) is 0 Å². The van der Waals surface area contributed by atoms with Crippen LogP contribution in [0.15, 0.2) is 37.1 Å². The number of carboxylic acid groups (broad SMARTS) is 1. The van der Waals surface area contributed by atoms with Crippen LogP contribution >= 0.6 is 0 Å². The smallest absolute Gasteiger partial charge is 0.308 e. The number of imidazole rings is 1. The van der Waals surface area contributed by atoms with Gasteiger partial charge in [-0.1, -0.05) is 0 Å². The Kier molecular flexibility index (Phi) is 4.32. The summed E-state index contributed by atoms with van der Waals surface area (Å²) in [6, 6.07) is 2.86. The molecule has 0 spiro atoms. The lowest BCUT2D eigenvalue weighted by Crippen LogP contribution is -2.40. The van der Waals surface area contributed by atoms with E-state index in [9.17, 15) is 9.59 Å². The monoisotopic (exact) mass is 288 g/mol. The van der Waals surface area contributed by atoms with Crippen molar-refractivity contribution in [2.24, 2.45) is 5.92 Å². The van der Waals surface area contributed by atoms with Crippen LogP contribution in [0.1, 0.15) is 24.2 Å². The average molecular weight is 288 g/mol. The maximum Gasteiger partial charge on any atom is 0.308 e. The highest BCUT2D eigenvalue weighted by Crippen LogP contribution is 2.07. The standard InChI is InChI=1S/C14H16N4O3/c1-9(14(20)21)10(2)17-13(19)11-3-4-12(16-7-11)18-6-5-15-8-18/h3-10H,1-2H3,(H,17,19)(H,20,21). The molecule has 0 radical (unpaired) electrons. The van der Waals surface area contributed by atoms with Gasteiger partial charge in [-0.3, -0.25) is 14.2 Å². The Bertz CT molecular complexity index is 622. The molecule has 0 bridgehead atoms. The highest BCUT2D eigenvalue weighted by atomic mass is 16.4. The van der Waals surface area contributed by atoms with E-state index in [4.69, 9.17) is 5.11 Å². The van der Waals surface area contributed by atoms with Gasteiger partial charge in [-0.05, 0) is 26.0 Å². The number of carbonyl (C=O) groups excluding carboxylic acids is 1. The number of nitrogens with one attached hydrogen (secondary N) is 1. The van der Waals surface area contributed by atoms with Gasteiger partial charge in [0.05, 0.1) is 11.5 Å². The molecule has 0 saturated heterocycles. The van der Waals surface area contributed by atoms with Crippen LogP contribution in [0.4, 0.5) is 0 Å². The first kappa shape index (κ1) is 14.7. The third-order valence-electron chi connectivity index (χ3n) is 3.28. The third kappa shape index (κ3) is 3.44. The number of aromatic nitrogens is 3. The number of hydrogen-bond acceptors (Lipinski definition) is 4. The first-order chi connectivity index (χ1) is 9.99. The maximum atomic E-state index is 12.0. The predicted octanol–water partition coefficient (Wildman–Crippen LogP) is 1.11. The zero-order chi connectivity index (χ0) is 15.4. The number of amides is 1. The van der Waals surface area contributed by atoms with Crippen molar-refractivity contribution in [1.82, 2.24) is 19.9 Å². The fraction of sp³-hybridized carbons (Fsp3) is 0.286. The van der Waals surface area contributed by atoms with Crippen molar-refractivity contribution in [2.75, 3.05) is 0 Å². The van der Waals surface area contributed by atoms with E-state index in [0.29, 0.717) is 11.4 Å². The number of carbonyl (C=O) groups is 2. The Hall–Kier alpha value is -2.70. The Morgan fingerprint density at radius 3 is 2.62 bits per heavy atom. The third-order valence-corrected chi connectivity index (χ3v) is 3.28. The van der Waals surface area contributed by atoms with Gasteiger partial charge in [0.25, 0.3) is 5.91 Å². The molecule has 0 saturated carbocycles. The SMILES string of the molecule is CC(NC(=O)c1ccc(-n2ccnc2)nc1)C(C)C(=O)O. The van der Waals surface area contributed by atoms with E-state index >= 15 is 0 Å². The molecule has 2 N–H and O–H groups in total. The van der Waals surface area contributed by atoms with Gasteiger partial charge in [0, 0.05) is 24.6 Å². The van der Waals surface area contributed by atoms with E-state index in [-0.39, 0.29) is 5.91 Å². The number of aliphatic carboxylic acids is 1. The van der Waals surface area contributed by atoms with E-state index in [1.807, 2.05) is 0 Å². The van der Waals surface area contributed by atoms with Gasteiger partial charge in [0.1, 0.15) is 12.1 Å². The molecule has 110 valence electrons. The van der Waals surface area contributed by atoms with Gasteiger partial charge in [-0.2, -0.15) is 0 Å². The largest absolute Gasteiger partial charge is 0.481 e. The van der Waals surface area contributed by atoms with Crippen LogP contribution < -0.4 is 5.32 Å². The molecule has 21 heavy (non-hydrogen) atoms. The molecule has 0 aliphatic carbocycles. The van der Waals surface area contributed by atoms with E-state index in [2.05, 4.69) is 15.3 Å². The lowest BCUT2D eigenvalue weighted by Gasteiger charge is -2.17. The van der Waals surface area contributed by atoms with Crippen molar-refractivity contribution in [3.05, 3.63) is 42.6 Å². The van der Waals surface area contributed by atoms with Gasteiger partial charge >= 0.3 is 5.97 Å². The Labute approximate surface area is 121 Å². The number of pyridine rings is 1. The zero-order valence-electron chi connectivity index (χ0n) is 11.7. The molecule has 2 heterocycles. The fourth-order valence-electron chi connectivity index (χ4n) is 1.70. The highest BCUT2D eigenvalue weighted by Gasteiger charge is 2.21. The highest BCUT2D eigenvalue weighted by molar-refractivity contribution is 5.94. The van der Waals surface area contributed by atoms with Crippen molar-refractivity contribution in [1.29, 1.82) is 0 Å². The number of rotatable bonds is 5. The summed E-state index contributed by atoms with van der Waals surface area (Å²) in [6.45, 7) is 3.21. The van der Waals surface area contributed by atoms with Gasteiger partial charge in [-0.15, -0.1) is 0 Å². The summed E-state index contributed by atoms with van der Waals surface area (Å²) in [4.78, 5) is 31.0. The maximum absolute atomic E-state index is 12.0. The summed E-state index contributed by atoms with van der Waals surface area (Å²) in [5.41, 5.74) is 0.378. The first-order valence-corrected chi connectivity index (χ1v) is 6.47. The van der Waals surface area contributed by atoms with Crippen molar-refractivity contribution < 1.29 is 14.7 Å². The molecule has 0 aromatic carbocycles. The molecule has 7 heteroatoms. The molecule has 1 amide bonds. The molecule has 0 aliphatic rings. The van der Waals surface area contributed by atoms with Crippen molar-refractivity contribution in [3.8, 4) is 5.82 Å². The van der Waals surface area contributed by atoms with Gasteiger partial charge in [0.15, 0.2) is 0 Å². The summed E-state index contributed by atoms with van der Waals surface area (Å²) in [5, 5.41) is 11.6. The predicted molar refractivity (Wildman–Crippen MR) is 75.1 cm³/mol. The van der Waals surface area contributed by atoms with Crippen LogP contribution in [-0.4, -0.2) is 37.6 Å². The minimum Gasteiger partial charge on any atom is -0.481 e. The van der Waals surface area contributed by atoms with Crippen molar-refractivity contribution >= 4 is 11.9 Å². The summed E-state index contributed by atoms with van der Waals surface area (Å²) in [6.07, 6.45) is 6.44. The van der Waals surface area contributed by atoms with E-state index < -0.39 is 17.9 Å². The minimum atomic E-state index is -0.948. The zero-order valence-corrected chi connectivity index (χ0v) is 11.7. The second-order valence-corrected chi connectivity index (χ2v) is 4.76. The van der Waals surface area contributed by atoms with Crippen LogP contribution in [0.3, 0.4) is 0 Å². The summed E-state index contributed by atoms with van der Waals surface area (Å²) < 4.78 is 1.72. The molecular weight excluding hydrogens is 272 g/mol. The Morgan fingerprint density at radius 1 is 1.33 bits per heavy atom. The molecule has 7 nitrogen and oxygen atoms in total. The molecule has 0 aliphatic heterocycles. The molecule has 2 aromatic heterocycles. The lowest BCUT2D eigenvalue weighted by atomic mass is 10.0. The van der Waals surface area contributed by atoms with Crippen molar-refractivity contribution in [2.45, 2.75) is 19.9 Å². The van der Waals surface area contributed by atoms with Gasteiger partial charge in [-0.25, -0.2) is 9.97 Å². The quantitative estimate of drug-likeness (QED) is 0.859. The molecule has 2 unspecified atom stereocenters. The van der Waals surface area contributed by atoms with E-state index in [1.165, 1.54) is 6.20 Å². The molecule has 2 rings (SSSR count). The molecule has 2 atom stereocenters. The number of carboxylic acids is 1. The second-order valence-electron chi connectivity index (χ2n) is 4.76. The average Bonchev–Trinajstić information content (AvgIpc) is 3.00. The number of hydrogen-bond donors (Lipinski definition) is 2. The van der Waals surface area contributed by atoms with Crippen LogP contribution in [0.25, 0.3) is 5.82 Å². The van der Waals surface area contributed by atoms with Crippen LogP contribution in [0.2, 0.25) is 0 Å².